The van der Waals surface area contributed by atoms with E-state index in [2.05, 4.69) is 9.97 Å². The average Bonchev–Trinajstić information content (AvgIpc) is 1.72. The molecule has 0 aliphatic carbocycles. The van der Waals surface area contributed by atoms with Crippen molar-refractivity contribution in [1.82, 2.24) is 9.97 Å². The molecule has 0 saturated carbocycles. The lowest BCUT2D eigenvalue weighted by atomic mass is 10.8. The van der Waals surface area contributed by atoms with Crippen molar-refractivity contribution in [2.45, 2.75) is 7.43 Å². The van der Waals surface area contributed by atoms with Gasteiger partial charge in [-0.2, -0.15) is 0 Å². The van der Waals surface area contributed by atoms with Gasteiger partial charge in [0.2, 0.25) is 0 Å². The molecule has 0 aromatic carbocycles. The summed E-state index contributed by atoms with van der Waals surface area (Å²) in [6, 6.07) is 0. The van der Waals surface area contributed by atoms with Crippen molar-refractivity contribution < 1.29 is 0 Å². The second kappa shape index (κ2) is 3.28. The molecular formula is C5H8N2. The van der Waals surface area contributed by atoms with Crippen molar-refractivity contribution in [3.8, 4) is 0 Å². The van der Waals surface area contributed by atoms with Gasteiger partial charge in [0, 0.05) is 24.8 Å². The molecule has 1 rings (SSSR count). The van der Waals surface area contributed by atoms with Gasteiger partial charge in [-0.15, -0.1) is 0 Å². The molecule has 0 atom stereocenters. The van der Waals surface area contributed by atoms with Gasteiger partial charge in [0.05, 0.1) is 0 Å². The van der Waals surface area contributed by atoms with Crippen LogP contribution in [-0.2, 0) is 0 Å². The predicted octanol–water partition coefficient (Wildman–Crippen LogP) is 1.11. The molecule has 1 heterocycles. The summed E-state index contributed by atoms with van der Waals surface area (Å²) in [5.41, 5.74) is 0. The summed E-state index contributed by atoms with van der Waals surface area (Å²) in [5.74, 6) is 0. The van der Waals surface area contributed by atoms with Crippen molar-refractivity contribution >= 4 is 0 Å². The molecule has 2 heteroatoms. The maximum absolute atomic E-state index is 3.72. The zero-order chi connectivity index (χ0) is 4.24. The molecule has 0 unspecified atom stereocenters. The van der Waals surface area contributed by atoms with Crippen LogP contribution >= 0.6 is 0 Å². The first-order valence-corrected chi connectivity index (χ1v) is 1.70. The van der Waals surface area contributed by atoms with Crippen LogP contribution < -0.4 is 0 Å². The third-order valence-corrected chi connectivity index (χ3v) is 0.478. The van der Waals surface area contributed by atoms with Crippen LogP contribution in [0.1, 0.15) is 7.43 Å². The monoisotopic (exact) mass is 96.1 g/mol. The van der Waals surface area contributed by atoms with Gasteiger partial charge in [0.1, 0.15) is 0 Å². The van der Waals surface area contributed by atoms with Gasteiger partial charge in [-0.05, 0) is 0 Å². The normalized spacial score (nSPS) is 6.86. The molecule has 1 aromatic rings. The summed E-state index contributed by atoms with van der Waals surface area (Å²) in [6.45, 7) is 0. The van der Waals surface area contributed by atoms with Crippen molar-refractivity contribution in [2.75, 3.05) is 0 Å². The van der Waals surface area contributed by atoms with E-state index in [0.717, 1.165) is 0 Å². The second-order valence-electron chi connectivity index (χ2n) is 0.894. The predicted molar refractivity (Wildman–Crippen MR) is 28.8 cm³/mol. The molecule has 0 aliphatic heterocycles. The van der Waals surface area contributed by atoms with E-state index in [1.165, 1.54) is 0 Å². The first-order chi connectivity index (χ1) is 3.00. The number of rotatable bonds is 0. The van der Waals surface area contributed by atoms with Gasteiger partial charge < -0.3 is 0 Å². The van der Waals surface area contributed by atoms with Crippen LogP contribution in [0.4, 0.5) is 0 Å². The Hall–Kier alpha value is -0.920. The van der Waals surface area contributed by atoms with Crippen LogP contribution in [0, 0.1) is 0 Å². The molecule has 0 aliphatic rings. The highest BCUT2D eigenvalue weighted by atomic mass is 14.7. The standard InChI is InChI=1S/C4H4N2.CH4/c1-2-6-4-3-5-1;/h1-4H;1H4. The number of aromatic nitrogens is 2. The highest BCUT2D eigenvalue weighted by molar-refractivity contribution is 4.70. The maximum Gasteiger partial charge on any atom is 0.0451 e. The average molecular weight is 96.1 g/mol. The summed E-state index contributed by atoms with van der Waals surface area (Å²) < 4.78 is 0. The highest BCUT2D eigenvalue weighted by Crippen LogP contribution is 1.65. The van der Waals surface area contributed by atoms with Crippen molar-refractivity contribution in [2.24, 2.45) is 0 Å². The fourth-order valence-electron chi connectivity index (χ4n) is 0.253. The molecular weight excluding hydrogens is 88.1 g/mol. The van der Waals surface area contributed by atoms with Crippen LogP contribution in [0.2, 0.25) is 0 Å². The van der Waals surface area contributed by atoms with E-state index < -0.39 is 0 Å². The summed E-state index contributed by atoms with van der Waals surface area (Å²) >= 11 is 0. The molecule has 7 heavy (non-hydrogen) atoms. The van der Waals surface area contributed by atoms with Gasteiger partial charge >= 0.3 is 0 Å². The zero-order valence-electron chi connectivity index (χ0n) is 3.20. The van der Waals surface area contributed by atoms with E-state index in [-0.39, 0.29) is 7.43 Å². The van der Waals surface area contributed by atoms with E-state index >= 15 is 0 Å². The molecule has 0 radical (unpaired) electrons. The summed E-state index contributed by atoms with van der Waals surface area (Å²) in [5, 5.41) is 0. The van der Waals surface area contributed by atoms with Gasteiger partial charge in [0.15, 0.2) is 0 Å². The fourth-order valence-corrected chi connectivity index (χ4v) is 0.253. The molecule has 1 aromatic heterocycles. The maximum atomic E-state index is 3.72. The largest absolute Gasteiger partial charge is 0.262 e. The lowest BCUT2D eigenvalue weighted by molar-refractivity contribution is 1.20. The lowest BCUT2D eigenvalue weighted by Crippen LogP contribution is -1.66. The van der Waals surface area contributed by atoms with Gasteiger partial charge in [-0.1, -0.05) is 7.43 Å². The minimum absolute atomic E-state index is 0. The number of hydrogen-bond acceptors (Lipinski definition) is 2. The van der Waals surface area contributed by atoms with E-state index in [1.54, 1.807) is 24.8 Å². The lowest BCUT2D eigenvalue weighted by Gasteiger charge is -1.70. The fraction of sp³-hybridized carbons (Fsp3) is 0.200. The van der Waals surface area contributed by atoms with E-state index in [0.29, 0.717) is 0 Å². The minimum atomic E-state index is 0. The Bertz CT molecular complexity index is 78.0. The first kappa shape index (κ1) is 6.08. The van der Waals surface area contributed by atoms with Crippen LogP contribution in [0.25, 0.3) is 0 Å². The Morgan fingerprint density at radius 3 is 1.14 bits per heavy atom. The third-order valence-electron chi connectivity index (χ3n) is 0.478. The number of hydrogen-bond donors (Lipinski definition) is 0. The molecule has 2 nitrogen and oxygen atoms in total. The molecule has 0 bridgehead atoms. The van der Waals surface area contributed by atoms with E-state index in [4.69, 9.17) is 0 Å². The zero-order valence-corrected chi connectivity index (χ0v) is 3.20. The second-order valence-corrected chi connectivity index (χ2v) is 0.894. The van der Waals surface area contributed by atoms with Crippen LogP contribution in [-0.4, -0.2) is 9.97 Å². The smallest absolute Gasteiger partial charge is 0.0451 e. The van der Waals surface area contributed by atoms with E-state index in [1.807, 2.05) is 0 Å². The molecule has 0 amide bonds. The minimum Gasteiger partial charge on any atom is -0.262 e. The van der Waals surface area contributed by atoms with Crippen molar-refractivity contribution in [3.05, 3.63) is 24.8 Å². The summed E-state index contributed by atoms with van der Waals surface area (Å²) in [6.07, 6.45) is 6.56. The van der Waals surface area contributed by atoms with Crippen LogP contribution in [0.5, 0.6) is 0 Å². The SMILES string of the molecule is C.c1cnccn1. The molecule has 0 spiro atoms. The van der Waals surface area contributed by atoms with Gasteiger partial charge in [-0.3, -0.25) is 9.97 Å². The number of nitrogens with zero attached hydrogens (tertiary/aromatic N) is 2. The van der Waals surface area contributed by atoms with Crippen LogP contribution in [0.15, 0.2) is 24.8 Å². The first-order valence-electron chi connectivity index (χ1n) is 1.70. The quantitative estimate of drug-likeness (QED) is 0.483. The van der Waals surface area contributed by atoms with Crippen molar-refractivity contribution in [1.29, 1.82) is 0 Å². The summed E-state index contributed by atoms with van der Waals surface area (Å²) in [4.78, 5) is 7.44. The molecule has 0 fully saturated rings. The molecule has 0 saturated heterocycles. The topological polar surface area (TPSA) is 25.8 Å². The Morgan fingerprint density at radius 2 is 1.00 bits per heavy atom. The molecule has 0 N–H and O–H groups in total. The van der Waals surface area contributed by atoms with Gasteiger partial charge in [0.25, 0.3) is 0 Å². The Morgan fingerprint density at radius 1 is 0.714 bits per heavy atom. The van der Waals surface area contributed by atoms with E-state index in [9.17, 15) is 0 Å². The third kappa shape index (κ3) is 1.87. The van der Waals surface area contributed by atoms with Crippen LogP contribution in [0.3, 0.4) is 0 Å². The van der Waals surface area contributed by atoms with Gasteiger partial charge in [-0.25, -0.2) is 0 Å². The Balaban J connectivity index is 0.000000360. The molecule has 38 valence electrons. The Labute approximate surface area is 43.2 Å². The Kier molecular flexibility index (Phi) is 2.85. The highest BCUT2D eigenvalue weighted by Gasteiger charge is 1.59. The van der Waals surface area contributed by atoms with Crippen molar-refractivity contribution in [3.63, 3.8) is 0 Å². The summed E-state index contributed by atoms with van der Waals surface area (Å²) in [7, 11) is 0.